The number of nitrogens with zero attached hydrogens (tertiary/aromatic N) is 2. The highest BCUT2D eigenvalue weighted by Crippen LogP contribution is 2.14. The van der Waals surface area contributed by atoms with Gasteiger partial charge in [0.25, 0.3) is 0 Å². The van der Waals surface area contributed by atoms with Crippen LogP contribution in [0.2, 0.25) is 0 Å². The Labute approximate surface area is 147 Å². The highest BCUT2D eigenvalue weighted by Gasteiger charge is 2.26. The highest BCUT2D eigenvalue weighted by molar-refractivity contribution is 5.85. The summed E-state index contributed by atoms with van der Waals surface area (Å²) in [6, 6.07) is 0. The zero-order chi connectivity index (χ0) is 14.8. The quantitative estimate of drug-likeness (QED) is 0.605. The Morgan fingerprint density at radius 1 is 1.32 bits per heavy atom. The minimum atomic E-state index is 0. The smallest absolute Gasteiger partial charge is 0.222 e. The van der Waals surface area contributed by atoms with Gasteiger partial charge in [-0.15, -0.1) is 24.8 Å². The molecular formula is C15H33Cl2N3O2. The van der Waals surface area contributed by atoms with E-state index >= 15 is 0 Å². The Kier molecular flexibility index (Phi) is 16.0. The Balaban J connectivity index is 0. The molecule has 1 atom stereocenters. The summed E-state index contributed by atoms with van der Waals surface area (Å²) < 4.78 is 5.90. The van der Waals surface area contributed by atoms with Crippen LogP contribution in [0.1, 0.15) is 33.1 Å². The summed E-state index contributed by atoms with van der Waals surface area (Å²) in [6.07, 6.45) is 2.78. The number of halogens is 2. The molecule has 7 heteroatoms. The van der Waals surface area contributed by atoms with Crippen LogP contribution in [0.25, 0.3) is 0 Å². The molecule has 1 unspecified atom stereocenters. The van der Waals surface area contributed by atoms with Gasteiger partial charge in [-0.25, -0.2) is 0 Å². The average Bonchev–Trinajstić information content (AvgIpc) is 2.93. The lowest BCUT2D eigenvalue weighted by molar-refractivity contribution is -0.130. The van der Waals surface area contributed by atoms with Gasteiger partial charge in [0, 0.05) is 26.1 Å². The molecule has 1 N–H and O–H groups in total. The lowest BCUT2D eigenvalue weighted by atomic mass is 10.3. The minimum absolute atomic E-state index is 0. The fourth-order valence-corrected chi connectivity index (χ4v) is 2.55. The van der Waals surface area contributed by atoms with Crippen LogP contribution in [0.4, 0.5) is 0 Å². The van der Waals surface area contributed by atoms with Gasteiger partial charge >= 0.3 is 0 Å². The molecule has 1 aliphatic rings. The summed E-state index contributed by atoms with van der Waals surface area (Å²) >= 11 is 0. The Morgan fingerprint density at radius 2 is 2.00 bits per heavy atom. The van der Waals surface area contributed by atoms with Crippen molar-refractivity contribution < 1.29 is 9.53 Å². The third-order valence-corrected chi connectivity index (χ3v) is 3.97. The van der Waals surface area contributed by atoms with Gasteiger partial charge in [0.15, 0.2) is 0 Å². The van der Waals surface area contributed by atoms with Crippen LogP contribution < -0.4 is 5.32 Å². The molecule has 5 nitrogen and oxygen atoms in total. The maximum absolute atomic E-state index is 12.0. The normalized spacial score (nSPS) is 17.3. The first-order valence-corrected chi connectivity index (χ1v) is 7.97. The summed E-state index contributed by atoms with van der Waals surface area (Å²) in [5.41, 5.74) is 0. The van der Waals surface area contributed by atoms with Crippen molar-refractivity contribution in [2.75, 3.05) is 52.9 Å². The van der Waals surface area contributed by atoms with E-state index in [1.54, 1.807) is 0 Å². The Morgan fingerprint density at radius 3 is 2.59 bits per heavy atom. The van der Waals surface area contributed by atoms with Crippen molar-refractivity contribution in [3.8, 4) is 0 Å². The van der Waals surface area contributed by atoms with Gasteiger partial charge in [-0.05, 0) is 39.5 Å². The SMILES string of the molecule is CCN(CC)CCOC1CCN(C(=O)CCCNC)C1.Cl.Cl. The van der Waals surface area contributed by atoms with Gasteiger partial charge < -0.3 is 19.9 Å². The number of likely N-dealkylation sites (N-methyl/N-ethyl adjacent to an activating group) is 1. The number of rotatable bonds is 10. The van der Waals surface area contributed by atoms with Crippen molar-refractivity contribution in [1.82, 2.24) is 15.1 Å². The number of likely N-dealkylation sites (tertiary alicyclic amines) is 1. The van der Waals surface area contributed by atoms with E-state index in [9.17, 15) is 4.79 Å². The predicted octanol–water partition coefficient (Wildman–Crippen LogP) is 1.79. The maximum Gasteiger partial charge on any atom is 0.222 e. The number of carbonyl (C=O) groups excluding carboxylic acids is 1. The topological polar surface area (TPSA) is 44.8 Å². The number of hydrogen-bond acceptors (Lipinski definition) is 4. The van der Waals surface area contributed by atoms with E-state index < -0.39 is 0 Å². The number of ether oxygens (including phenoxy) is 1. The monoisotopic (exact) mass is 357 g/mol. The summed E-state index contributed by atoms with van der Waals surface area (Å²) in [6.45, 7) is 10.8. The highest BCUT2D eigenvalue weighted by atomic mass is 35.5. The zero-order valence-corrected chi connectivity index (χ0v) is 15.8. The molecule has 0 saturated carbocycles. The molecule has 0 bridgehead atoms. The number of nitrogens with one attached hydrogen (secondary N) is 1. The molecule has 0 aromatic rings. The summed E-state index contributed by atoms with van der Waals surface area (Å²) in [5.74, 6) is 0.273. The van der Waals surface area contributed by atoms with Gasteiger partial charge in [-0.2, -0.15) is 0 Å². The molecule has 1 aliphatic heterocycles. The first-order valence-electron chi connectivity index (χ1n) is 7.97. The van der Waals surface area contributed by atoms with E-state index in [0.29, 0.717) is 6.42 Å². The molecular weight excluding hydrogens is 325 g/mol. The van der Waals surface area contributed by atoms with Crippen LogP contribution in [-0.2, 0) is 9.53 Å². The van der Waals surface area contributed by atoms with Crippen molar-refractivity contribution in [1.29, 1.82) is 0 Å². The van der Waals surface area contributed by atoms with Gasteiger partial charge in [0.05, 0.1) is 12.7 Å². The van der Waals surface area contributed by atoms with E-state index in [-0.39, 0.29) is 36.8 Å². The Bertz CT molecular complexity index is 280. The standard InChI is InChI=1S/C15H31N3O2.2ClH/c1-4-17(5-2)11-12-20-14-8-10-18(13-14)15(19)7-6-9-16-3;;/h14,16H,4-13H2,1-3H3;2*1H. The molecule has 1 heterocycles. The zero-order valence-electron chi connectivity index (χ0n) is 14.2. The van der Waals surface area contributed by atoms with Crippen molar-refractivity contribution in [3.05, 3.63) is 0 Å². The van der Waals surface area contributed by atoms with Crippen molar-refractivity contribution >= 4 is 30.7 Å². The third-order valence-electron chi connectivity index (χ3n) is 3.97. The molecule has 0 radical (unpaired) electrons. The minimum Gasteiger partial charge on any atom is -0.375 e. The first-order chi connectivity index (χ1) is 9.71. The maximum atomic E-state index is 12.0. The Hall–Kier alpha value is -0.0700. The lowest BCUT2D eigenvalue weighted by Gasteiger charge is -2.20. The molecule has 134 valence electrons. The van der Waals surface area contributed by atoms with E-state index in [2.05, 4.69) is 24.1 Å². The molecule has 1 amide bonds. The van der Waals surface area contributed by atoms with Gasteiger partial charge in [0.2, 0.25) is 5.91 Å². The van der Waals surface area contributed by atoms with Crippen LogP contribution in [0.3, 0.4) is 0 Å². The van der Waals surface area contributed by atoms with E-state index in [4.69, 9.17) is 4.74 Å². The number of amides is 1. The second-order valence-corrected chi connectivity index (χ2v) is 5.36. The van der Waals surface area contributed by atoms with Crippen LogP contribution in [-0.4, -0.2) is 74.7 Å². The molecule has 0 spiro atoms. The van der Waals surface area contributed by atoms with E-state index in [0.717, 1.165) is 58.7 Å². The van der Waals surface area contributed by atoms with Crippen molar-refractivity contribution in [3.63, 3.8) is 0 Å². The van der Waals surface area contributed by atoms with Gasteiger partial charge in [0.1, 0.15) is 0 Å². The molecule has 1 saturated heterocycles. The molecule has 1 rings (SSSR count). The van der Waals surface area contributed by atoms with E-state index in [1.165, 1.54) is 0 Å². The molecule has 22 heavy (non-hydrogen) atoms. The van der Waals surface area contributed by atoms with Gasteiger partial charge in [-0.1, -0.05) is 13.8 Å². The second kappa shape index (κ2) is 14.5. The first kappa shape index (κ1) is 24.2. The van der Waals surface area contributed by atoms with Crippen LogP contribution in [0, 0.1) is 0 Å². The number of hydrogen-bond donors (Lipinski definition) is 1. The molecule has 0 aromatic heterocycles. The van der Waals surface area contributed by atoms with Gasteiger partial charge in [-0.3, -0.25) is 4.79 Å². The molecule has 0 aliphatic carbocycles. The van der Waals surface area contributed by atoms with Crippen molar-refractivity contribution in [2.24, 2.45) is 0 Å². The predicted molar refractivity (Wildman–Crippen MR) is 96.4 cm³/mol. The molecule has 0 aromatic carbocycles. The summed E-state index contributed by atoms with van der Waals surface area (Å²) in [4.78, 5) is 16.3. The van der Waals surface area contributed by atoms with Crippen molar-refractivity contribution in [2.45, 2.75) is 39.2 Å². The summed E-state index contributed by atoms with van der Waals surface area (Å²) in [7, 11) is 1.92. The second-order valence-electron chi connectivity index (χ2n) is 5.36. The van der Waals surface area contributed by atoms with Crippen LogP contribution in [0.5, 0.6) is 0 Å². The van der Waals surface area contributed by atoms with E-state index in [1.807, 2.05) is 11.9 Å². The van der Waals surface area contributed by atoms with Crippen LogP contribution in [0.15, 0.2) is 0 Å². The average molecular weight is 358 g/mol. The fourth-order valence-electron chi connectivity index (χ4n) is 2.55. The lowest BCUT2D eigenvalue weighted by Crippen LogP contribution is -2.32. The van der Waals surface area contributed by atoms with Crippen LogP contribution >= 0.6 is 24.8 Å². The third kappa shape index (κ3) is 9.16. The fraction of sp³-hybridized carbons (Fsp3) is 0.933. The summed E-state index contributed by atoms with van der Waals surface area (Å²) in [5, 5.41) is 3.07. The molecule has 1 fully saturated rings. The largest absolute Gasteiger partial charge is 0.375 e. The number of carbonyl (C=O) groups is 1.